The van der Waals surface area contributed by atoms with E-state index in [0.29, 0.717) is 42.9 Å². The lowest BCUT2D eigenvalue weighted by Gasteiger charge is -2.36. The molecule has 0 N–H and O–H groups in total. The molecule has 1 aromatic rings. The van der Waals surface area contributed by atoms with Gasteiger partial charge in [-0.1, -0.05) is 18.5 Å². The summed E-state index contributed by atoms with van der Waals surface area (Å²) >= 11 is 5.85. The van der Waals surface area contributed by atoms with Crippen molar-refractivity contribution in [2.24, 2.45) is 0 Å². The summed E-state index contributed by atoms with van der Waals surface area (Å²) in [5.74, 6) is 0.119. The molecule has 19 heavy (non-hydrogen) atoms. The van der Waals surface area contributed by atoms with Crippen LogP contribution >= 0.6 is 11.6 Å². The minimum absolute atomic E-state index is 0.119. The Kier molecular flexibility index (Phi) is 4.40. The number of amides is 1. The Hall–Kier alpha value is -1.16. The van der Waals surface area contributed by atoms with Gasteiger partial charge in [-0.05, 0) is 12.5 Å². The monoisotopic (exact) mass is 284 g/mol. The molecule has 3 nitrogen and oxygen atoms in total. The minimum atomic E-state index is -1.42. The minimum Gasteiger partial charge on any atom is -0.342 e. The maximum absolute atomic E-state index is 14.9. The molecule has 0 bridgehead atoms. The third kappa shape index (κ3) is 3.24. The summed E-state index contributed by atoms with van der Waals surface area (Å²) in [5.41, 5.74) is -0.899. The first-order chi connectivity index (χ1) is 9.05. The number of pyridine rings is 1. The van der Waals surface area contributed by atoms with Gasteiger partial charge in [-0.2, -0.15) is 0 Å². The maximum Gasteiger partial charge on any atom is 0.222 e. The van der Waals surface area contributed by atoms with Gasteiger partial charge in [-0.25, -0.2) is 4.39 Å². The van der Waals surface area contributed by atoms with Gasteiger partial charge in [-0.15, -0.1) is 0 Å². The molecule has 2 rings (SSSR count). The highest BCUT2D eigenvalue weighted by molar-refractivity contribution is 6.30. The largest absolute Gasteiger partial charge is 0.342 e. The maximum atomic E-state index is 14.9. The average molecular weight is 285 g/mol. The number of alkyl halides is 1. The van der Waals surface area contributed by atoms with Crippen molar-refractivity contribution in [1.82, 2.24) is 9.88 Å². The van der Waals surface area contributed by atoms with Crippen LogP contribution in [0.4, 0.5) is 4.39 Å². The molecule has 0 aromatic carbocycles. The summed E-state index contributed by atoms with van der Waals surface area (Å²) in [6.07, 6.45) is 5.00. The predicted octanol–water partition coefficient (Wildman–Crippen LogP) is 3.32. The SMILES string of the molecule is CCCC(=O)N1CCC(F)(c2cncc(Cl)c2)CC1. The predicted molar refractivity (Wildman–Crippen MR) is 72.8 cm³/mol. The molecule has 0 saturated carbocycles. The number of piperidine rings is 1. The van der Waals surface area contributed by atoms with Crippen LogP contribution in [-0.4, -0.2) is 28.9 Å². The van der Waals surface area contributed by atoms with Gasteiger partial charge in [0.1, 0.15) is 5.67 Å². The second-order valence-corrected chi connectivity index (χ2v) is 5.42. The molecule has 0 spiro atoms. The third-order valence-corrected chi connectivity index (χ3v) is 3.80. The Labute approximate surface area is 117 Å². The van der Waals surface area contributed by atoms with Crippen molar-refractivity contribution < 1.29 is 9.18 Å². The number of aromatic nitrogens is 1. The zero-order valence-corrected chi connectivity index (χ0v) is 11.8. The Bertz CT molecular complexity index is 459. The van der Waals surface area contributed by atoms with Crippen molar-refractivity contribution in [3.05, 3.63) is 29.0 Å². The van der Waals surface area contributed by atoms with E-state index in [1.165, 1.54) is 12.4 Å². The van der Waals surface area contributed by atoms with Crippen LogP contribution in [0.2, 0.25) is 5.02 Å². The lowest BCUT2D eigenvalue weighted by atomic mass is 9.87. The molecule has 2 heterocycles. The van der Waals surface area contributed by atoms with Gasteiger partial charge >= 0.3 is 0 Å². The number of carbonyl (C=O) groups is 1. The van der Waals surface area contributed by atoms with Crippen molar-refractivity contribution in [3.63, 3.8) is 0 Å². The standard InChI is InChI=1S/C14H18ClFN2O/c1-2-3-13(19)18-6-4-14(16,5-7-18)11-8-12(15)10-17-9-11/h8-10H,2-7H2,1H3. The topological polar surface area (TPSA) is 33.2 Å². The van der Waals surface area contributed by atoms with E-state index in [9.17, 15) is 9.18 Å². The lowest BCUT2D eigenvalue weighted by Crippen LogP contribution is -2.43. The van der Waals surface area contributed by atoms with Crippen LogP contribution in [0.5, 0.6) is 0 Å². The molecule has 5 heteroatoms. The molecular formula is C14H18ClFN2O. The summed E-state index contributed by atoms with van der Waals surface area (Å²) in [6.45, 7) is 2.89. The van der Waals surface area contributed by atoms with Gasteiger partial charge in [-0.3, -0.25) is 9.78 Å². The lowest BCUT2D eigenvalue weighted by molar-refractivity contribution is -0.134. The molecule has 1 saturated heterocycles. The number of hydrogen-bond acceptors (Lipinski definition) is 2. The molecule has 0 atom stereocenters. The molecule has 104 valence electrons. The van der Waals surface area contributed by atoms with E-state index >= 15 is 0 Å². The molecule has 1 aromatic heterocycles. The van der Waals surface area contributed by atoms with Crippen LogP contribution < -0.4 is 0 Å². The molecule has 1 aliphatic heterocycles. The zero-order valence-electron chi connectivity index (χ0n) is 11.0. The fraction of sp³-hybridized carbons (Fsp3) is 0.571. The first-order valence-electron chi connectivity index (χ1n) is 6.63. The molecule has 1 aliphatic rings. The van der Waals surface area contributed by atoms with E-state index in [-0.39, 0.29) is 5.91 Å². The molecule has 0 unspecified atom stereocenters. The number of halogens is 2. The van der Waals surface area contributed by atoms with Crippen LogP contribution in [0, 0.1) is 0 Å². The number of nitrogens with zero attached hydrogens (tertiary/aromatic N) is 2. The van der Waals surface area contributed by atoms with E-state index < -0.39 is 5.67 Å². The molecule has 0 aliphatic carbocycles. The normalized spacial score (nSPS) is 18.4. The number of rotatable bonds is 3. The molecule has 1 fully saturated rings. The quantitative estimate of drug-likeness (QED) is 0.853. The van der Waals surface area contributed by atoms with E-state index in [4.69, 9.17) is 11.6 Å². The smallest absolute Gasteiger partial charge is 0.222 e. The van der Waals surface area contributed by atoms with Gasteiger partial charge in [0.2, 0.25) is 5.91 Å². The Morgan fingerprint density at radius 2 is 2.16 bits per heavy atom. The fourth-order valence-corrected chi connectivity index (χ4v) is 2.60. The highest BCUT2D eigenvalue weighted by Gasteiger charge is 2.37. The second-order valence-electron chi connectivity index (χ2n) is 4.99. The molecular weight excluding hydrogens is 267 g/mol. The van der Waals surface area contributed by atoms with Crippen LogP contribution in [0.1, 0.15) is 38.2 Å². The van der Waals surface area contributed by atoms with Crippen molar-refractivity contribution >= 4 is 17.5 Å². The number of likely N-dealkylation sites (tertiary alicyclic amines) is 1. The van der Waals surface area contributed by atoms with Crippen LogP contribution in [-0.2, 0) is 10.5 Å². The van der Waals surface area contributed by atoms with Crippen molar-refractivity contribution in [2.45, 2.75) is 38.3 Å². The molecule has 1 amide bonds. The summed E-state index contributed by atoms with van der Waals surface area (Å²) in [5, 5.41) is 0.444. The zero-order chi connectivity index (χ0) is 13.9. The second kappa shape index (κ2) is 5.87. The van der Waals surface area contributed by atoms with E-state index in [1.54, 1.807) is 11.0 Å². The number of hydrogen-bond donors (Lipinski definition) is 0. The number of carbonyl (C=O) groups excluding carboxylic acids is 1. The van der Waals surface area contributed by atoms with Crippen molar-refractivity contribution in [3.8, 4) is 0 Å². The van der Waals surface area contributed by atoms with E-state index in [1.807, 2.05) is 6.92 Å². The highest BCUT2D eigenvalue weighted by Crippen LogP contribution is 2.37. The van der Waals surface area contributed by atoms with Crippen LogP contribution in [0.15, 0.2) is 18.5 Å². The summed E-state index contributed by atoms with van der Waals surface area (Å²) < 4.78 is 14.9. The summed E-state index contributed by atoms with van der Waals surface area (Å²) in [7, 11) is 0. The van der Waals surface area contributed by atoms with Crippen molar-refractivity contribution in [1.29, 1.82) is 0 Å². The van der Waals surface area contributed by atoms with Gasteiger partial charge in [0.15, 0.2) is 0 Å². The average Bonchev–Trinajstić information content (AvgIpc) is 2.40. The Balaban J connectivity index is 2.04. The van der Waals surface area contributed by atoms with Gasteiger partial charge in [0.05, 0.1) is 5.02 Å². The summed E-state index contributed by atoms with van der Waals surface area (Å²) in [6, 6.07) is 1.62. The van der Waals surface area contributed by atoms with Crippen LogP contribution in [0.3, 0.4) is 0 Å². The highest BCUT2D eigenvalue weighted by atomic mass is 35.5. The Morgan fingerprint density at radius 3 is 2.74 bits per heavy atom. The van der Waals surface area contributed by atoms with E-state index in [0.717, 1.165) is 6.42 Å². The van der Waals surface area contributed by atoms with Crippen molar-refractivity contribution in [2.75, 3.05) is 13.1 Å². The van der Waals surface area contributed by atoms with Gasteiger partial charge in [0, 0.05) is 50.3 Å². The van der Waals surface area contributed by atoms with Crippen LogP contribution in [0.25, 0.3) is 0 Å². The Morgan fingerprint density at radius 1 is 1.47 bits per heavy atom. The van der Waals surface area contributed by atoms with Gasteiger partial charge in [0.25, 0.3) is 0 Å². The summed E-state index contributed by atoms with van der Waals surface area (Å²) in [4.78, 5) is 17.5. The molecule has 0 radical (unpaired) electrons. The van der Waals surface area contributed by atoms with Gasteiger partial charge < -0.3 is 4.90 Å². The first kappa shape index (κ1) is 14.3. The fourth-order valence-electron chi connectivity index (χ4n) is 2.43. The van der Waals surface area contributed by atoms with E-state index in [2.05, 4.69) is 4.98 Å². The first-order valence-corrected chi connectivity index (χ1v) is 7.00. The third-order valence-electron chi connectivity index (χ3n) is 3.59.